The molecule has 0 aliphatic heterocycles. The summed E-state index contributed by atoms with van der Waals surface area (Å²) in [5, 5.41) is 0. The Labute approximate surface area is 100 Å². The molecule has 1 aliphatic carbocycles. The molecule has 1 aromatic rings. The van der Waals surface area contributed by atoms with Crippen LogP contribution in [0.2, 0.25) is 0 Å². The van der Waals surface area contributed by atoms with Crippen molar-refractivity contribution in [3.63, 3.8) is 0 Å². The van der Waals surface area contributed by atoms with Gasteiger partial charge in [0.05, 0.1) is 0 Å². The minimum atomic E-state index is 0.795. The van der Waals surface area contributed by atoms with Gasteiger partial charge >= 0.3 is 0 Å². The molecule has 3 atom stereocenters. The van der Waals surface area contributed by atoms with Crippen molar-refractivity contribution < 1.29 is 0 Å². The molecule has 2 rings (SSSR count). The maximum Gasteiger partial charge on any atom is -0.0131 e. The molecule has 88 valence electrons. The van der Waals surface area contributed by atoms with E-state index >= 15 is 0 Å². The van der Waals surface area contributed by atoms with Gasteiger partial charge in [-0.2, -0.15) is 0 Å². The van der Waals surface area contributed by atoms with E-state index in [4.69, 9.17) is 0 Å². The second kappa shape index (κ2) is 4.61. The van der Waals surface area contributed by atoms with E-state index in [-0.39, 0.29) is 0 Å². The molecule has 1 saturated carbocycles. The first-order valence-electron chi connectivity index (χ1n) is 6.67. The molecule has 16 heavy (non-hydrogen) atoms. The fourth-order valence-corrected chi connectivity index (χ4v) is 3.20. The van der Waals surface area contributed by atoms with Gasteiger partial charge in [0.15, 0.2) is 0 Å². The second-order valence-electron chi connectivity index (χ2n) is 5.66. The Balaban J connectivity index is 2.32. The van der Waals surface area contributed by atoms with Crippen LogP contribution in [0.15, 0.2) is 18.2 Å². The third-order valence-electron chi connectivity index (χ3n) is 4.75. The molecule has 1 aromatic carbocycles. The van der Waals surface area contributed by atoms with Gasteiger partial charge < -0.3 is 0 Å². The summed E-state index contributed by atoms with van der Waals surface area (Å²) in [5.74, 6) is 2.52. The van der Waals surface area contributed by atoms with Gasteiger partial charge in [0.2, 0.25) is 0 Å². The van der Waals surface area contributed by atoms with Gasteiger partial charge in [-0.15, -0.1) is 0 Å². The zero-order valence-corrected chi connectivity index (χ0v) is 11.1. The molecular weight excluding hydrogens is 192 g/mol. The summed E-state index contributed by atoms with van der Waals surface area (Å²) in [6, 6.07) is 6.81. The van der Waals surface area contributed by atoms with Crippen molar-refractivity contribution >= 4 is 0 Å². The normalized spacial score (nSPS) is 30.4. The van der Waals surface area contributed by atoms with Gasteiger partial charge in [0, 0.05) is 0 Å². The molecule has 0 radical (unpaired) electrons. The van der Waals surface area contributed by atoms with E-state index in [9.17, 15) is 0 Å². The van der Waals surface area contributed by atoms with Crippen LogP contribution in [0.4, 0.5) is 0 Å². The van der Waals surface area contributed by atoms with Crippen LogP contribution in [0.1, 0.15) is 55.7 Å². The Hall–Kier alpha value is -0.780. The summed E-state index contributed by atoms with van der Waals surface area (Å²) in [4.78, 5) is 0. The van der Waals surface area contributed by atoms with E-state index in [1.54, 1.807) is 5.56 Å². The largest absolute Gasteiger partial charge is 0.0622 e. The predicted octanol–water partition coefficient (Wildman–Crippen LogP) is 4.84. The van der Waals surface area contributed by atoms with Crippen molar-refractivity contribution in [3.8, 4) is 0 Å². The average molecular weight is 216 g/mol. The Bertz CT molecular complexity index is 364. The molecular formula is C16H24. The molecule has 3 unspecified atom stereocenters. The summed E-state index contributed by atoms with van der Waals surface area (Å²) < 4.78 is 0. The third kappa shape index (κ3) is 2.03. The monoisotopic (exact) mass is 216 g/mol. The van der Waals surface area contributed by atoms with Crippen molar-refractivity contribution in [3.05, 3.63) is 34.9 Å². The highest BCUT2D eigenvalue weighted by Gasteiger charge is 2.28. The molecule has 0 saturated heterocycles. The van der Waals surface area contributed by atoms with E-state index in [1.165, 1.54) is 30.4 Å². The molecule has 0 heterocycles. The minimum Gasteiger partial charge on any atom is -0.0622 e. The van der Waals surface area contributed by atoms with Crippen molar-refractivity contribution in [2.75, 3.05) is 0 Å². The van der Waals surface area contributed by atoms with Gasteiger partial charge in [0.1, 0.15) is 0 Å². The lowest BCUT2D eigenvalue weighted by Crippen LogP contribution is -2.23. The fourth-order valence-electron chi connectivity index (χ4n) is 3.20. The van der Waals surface area contributed by atoms with E-state index in [1.807, 2.05) is 0 Å². The maximum atomic E-state index is 2.44. The highest BCUT2D eigenvalue weighted by Crippen LogP contribution is 2.42. The molecule has 1 fully saturated rings. The van der Waals surface area contributed by atoms with Crippen LogP contribution in [-0.2, 0) is 0 Å². The maximum absolute atomic E-state index is 2.44. The first-order chi connectivity index (χ1) is 7.61. The van der Waals surface area contributed by atoms with E-state index in [0.717, 1.165) is 17.8 Å². The molecule has 0 amide bonds. The van der Waals surface area contributed by atoms with E-state index in [0.29, 0.717) is 0 Å². The summed E-state index contributed by atoms with van der Waals surface area (Å²) in [7, 11) is 0. The van der Waals surface area contributed by atoms with Crippen LogP contribution >= 0.6 is 0 Å². The molecule has 0 nitrogen and oxygen atoms in total. The zero-order chi connectivity index (χ0) is 11.7. The molecule has 1 aliphatic rings. The number of hydrogen-bond acceptors (Lipinski definition) is 0. The predicted molar refractivity (Wildman–Crippen MR) is 70.8 cm³/mol. The van der Waals surface area contributed by atoms with Gasteiger partial charge in [-0.05, 0) is 54.7 Å². The first-order valence-corrected chi connectivity index (χ1v) is 6.67. The lowest BCUT2D eigenvalue weighted by molar-refractivity contribution is 0.237. The fraction of sp³-hybridized carbons (Fsp3) is 0.625. The molecule has 0 spiro atoms. The third-order valence-corrected chi connectivity index (χ3v) is 4.75. The van der Waals surface area contributed by atoms with Crippen LogP contribution in [0.3, 0.4) is 0 Å². The molecule has 0 N–H and O–H groups in total. The van der Waals surface area contributed by atoms with Crippen LogP contribution in [0.5, 0.6) is 0 Å². The molecule has 0 aromatic heterocycles. The minimum absolute atomic E-state index is 0.795. The quantitative estimate of drug-likeness (QED) is 0.630. The molecule has 0 heteroatoms. The van der Waals surface area contributed by atoms with Gasteiger partial charge in [-0.3, -0.25) is 0 Å². The van der Waals surface area contributed by atoms with E-state index in [2.05, 4.69) is 45.9 Å². The zero-order valence-electron chi connectivity index (χ0n) is 11.1. The van der Waals surface area contributed by atoms with Crippen LogP contribution in [0, 0.1) is 25.7 Å². The topological polar surface area (TPSA) is 0 Å². The Morgan fingerprint density at radius 2 is 1.81 bits per heavy atom. The highest BCUT2D eigenvalue weighted by molar-refractivity contribution is 5.36. The smallest absolute Gasteiger partial charge is 0.0131 e. The lowest BCUT2D eigenvalue weighted by atomic mass is 9.70. The summed E-state index contributed by atoms with van der Waals surface area (Å²) in [6.07, 6.45) is 4.21. The Morgan fingerprint density at radius 3 is 2.56 bits per heavy atom. The first kappa shape index (κ1) is 11.7. The lowest BCUT2D eigenvalue weighted by Gasteiger charge is -2.35. The molecule has 0 bridgehead atoms. The number of hydrogen-bond donors (Lipinski definition) is 0. The van der Waals surface area contributed by atoms with Gasteiger partial charge in [-0.25, -0.2) is 0 Å². The summed E-state index contributed by atoms with van der Waals surface area (Å²) >= 11 is 0. The Morgan fingerprint density at radius 1 is 1.06 bits per heavy atom. The van der Waals surface area contributed by atoms with Crippen LogP contribution < -0.4 is 0 Å². The number of aryl methyl sites for hydroxylation is 1. The van der Waals surface area contributed by atoms with Crippen LogP contribution in [0.25, 0.3) is 0 Å². The van der Waals surface area contributed by atoms with Crippen molar-refractivity contribution in [1.29, 1.82) is 0 Å². The summed E-state index contributed by atoms with van der Waals surface area (Å²) in [6.45, 7) is 9.38. The second-order valence-corrected chi connectivity index (χ2v) is 5.66. The number of rotatable bonds is 1. The van der Waals surface area contributed by atoms with Crippen molar-refractivity contribution in [1.82, 2.24) is 0 Å². The van der Waals surface area contributed by atoms with Crippen molar-refractivity contribution in [2.24, 2.45) is 11.8 Å². The summed E-state index contributed by atoms with van der Waals surface area (Å²) in [5.41, 5.74) is 4.58. The highest BCUT2D eigenvalue weighted by atomic mass is 14.3. The number of benzene rings is 1. The van der Waals surface area contributed by atoms with E-state index < -0.39 is 0 Å². The standard InChI is InChI=1S/C16H24/c1-11-7-5-9-15(13(11)3)16-10-6-8-12(2)14(16)4/h5,7,9,12,14,16H,6,8,10H2,1-4H3. The SMILES string of the molecule is Cc1cccc(C2CCCC(C)C2C)c1C. The van der Waals surface area contributed by atoms with Gasteiger partial charge in [0.25, 0.3) is 0 Å². The van der Waals surface area contributed by atoms with Gasteiger partial charge in [-0.1, -0.05) is 44.9 Å². The van der Waals surface area contributed by atoms with Crippen LogP contribution in [-0.4, -0.2) is 0 Å². The Kier molecular flexibility index (Phi) is 3.37. The average Bonchev–Trinajstić information content (AvgIpc) is 2.27. The van der Waals surface area contributed by atoms with Crippen molar-refractivity contribution in [2.45, 2.75) is 52.9 Å².